The molecule has 0 radical (unpaired) electrons. The fourth-order valence-corrected chi connectivity index (χ4v) is 5.08. The van der Waals surface area contributed by atoms with Crippen molar-refractivity contribution in [3.05, 3.63) is 54.9 Å². The zero-order valence-corrected chi connectivity index (χ0v) is 13.8. The number of aromatic nitrogens is 1. The van der Waals surface area contributed by atoms with E-state index in [1.165, 1.54) is 11.1 Å². The molecule has 116 valence electrons. The van der Waals surface area contributed by atoms with Gasteiger partial charge in [0.1, 0.15) is 4.90 Å². The van der Waals surface area contributed by atoms with Crippen molar-refractivity contribution in [1.29, 1.82) is 0 Å². The number of hydrogen-bond donors (Lipinski definition) is 0. The van der Waals surface area contributed by atoms with E-state index in [9.17, 15) is 8.42 Å². The monoisotopic (exact) mass is 334 g/mol. The molecule has 1 aliphatic heterocycles. The van der Waals surface area contributed by atoms with E-state index in [1.54, 1.807) is 34.4 Å². The van der Waals surface area contributed by atoms with E-state index >= 15 is 0 Å². The van der Waals surface area contributed by atoms with Crippen molar-refractivity contribution in [3.63, 3.8) is 0 Å². The molecule has 0 amide bonds. The van der Waals surface area contributed by atoms with Gasteiger partial charge < -0.3 is 0 Å². The van der Waals surface area contributed by atoms with Gasteiger partial charge >= 0.3 is 0 Å². The number of hydrogen-bond acceptors (Lipinski definition) is 4. The van der Waals surface area contributed by atoms with Crippen LogP contribution in [0.15, 0.2) is 64.6 Å². The van der Waals surface area contributed by atoms with Crippen LogP contribution < -0.4 is 0 Å². The van der Waals surface area contributed by atoms with Gasteiger partial charge in [-0.1, -0.05) is 18.2 Å². The van der Waals surface area contributed by atoms with Crippen molar-refractivity contribution in [3.8, 4) is 0 Å². The summed E-state index contributed by atoms with van der Waals surface area (Å²) in [5.74, 6) is 1.35. The number of nitrogens with zero attached hydrogens (tertiary/aromatic N) is 2. The maximum absolute atomic E-state index is 12.5. The third-order valence-electron chi connectivity index (χ3n) is 3.75. The van der Waals surface area contributed by atoms with Gasteiger partial charge in [0.05, 0.1) is 0 Å². The first kappa shape index (κ1) is 15.5. The van der Waals surface area contributed by atoms with Crippen LogP contribution in [0, 0.1) is 5.92 Å². The van der Waals surface area contributed by atoms with Gasteiger partial charge in [-0.2, -0.15) is 4.31 Å². The van der Waals surface area contributed by atoms with Gasteiger partial charge in [-0.3, -0.25) is 4.98 Å². The molecule has 2 heterocycles. The SMILES string of the molecule is O=S(=O)(c1cccnc1)N1CC[C@@H](CSc2ccccc2)C1. The van der Waals surface area contributed by atoms with Gasteiger partial charge in [0.15, 0.2) is 0 Å². The maximum Gasteiger partial charge on any atom is 0.244 e. The Kier molecular flexibility index (Phi) is 4.81. The van der Waals surface area contributed by atoms with Crippen LogP contribution in [0.4, 0.5) is 0 Å². The van der Waals surface area contributed by atoms with Crippen molar-refractivity contribution in [2.75, 3.05) is 18.8 Å². The lowest BCUT2D eigenvalue weighted by atomic mass is 10.2. The molecule has 1 aromatic heterocycles. The Hall–Kier alpha value is -1.37. The van der Waals surface area contributed by atoms with Crippen LogP contribution in [0.2, 0.25) is 0 Å². The molecule has 4 nitrogen and oxygen atoms in total. The Morgan fingerprint density at radius 2 is 2.00 bits per heavy atom. The Morgan fingerprint density at radius 3 is 2.73 bits per heavy atom. The van der Waals surface area contributed by atoms with E-state index in [4.69, 9.17) is 0 Å². The van der Waals surface area contributed by atoms with Crippen LogP contribution in [-0.4, -0.2) is 36.5 Å². The predicted molar refractivity (Wildman–Crippen MR) is 88.3 cm³/mol. The number of sulfonamides is 1. The number of thioether (sulfide) groups is 1. The van der Waals surface area contributed by atoms with Gasteiger partial charge in [-0.05, 0) is 36.6 Å². The van der Waals surface area contributed by atoms with Crippen molar-refractivity contribution >= 4 is 21.8 Å². The molecule has 0 unspecified atom stereocenters. The van der Waals surface area contributed by atoms with Crippen molar-refractivity contribution in [2.45, 2.75) is 16.2 Å². The average Bonchev–Trinajstić information content (AvgIpc) is 3.04. The second-order valence-electron chi connectivity index (χ2n) is 5.33. The summed E-state index contributed by atoms with van der Waals surface area (Å²) in [6, 6.07) is 13.5. The molecule has 0 aliphatic carbocycles. The number of benzene rings is 1. The Labute approximate surface area is 135 Å². The molecule has 0 spiro atoms. The zero-order chi connectivity index (χ0) is 15.4. The summed E-state index contributed by atoms with van der Waals surface area (Å²) in [7, 11) is -3.39. The fourth-order valence-electron chi connectivity index (χ4n) is 2.53. The Balaban J connectivity index is 1.60. The minimum atomic E-state index is -3.39. The first-order valence-corrected chi connectivity index (χ1v) is 9.67. The Morgan fingerprint density at radius 1 is 1.18 bits per heavy atom. The summed E-state index contributed by atoms with van der Waals surface area (Å²) in [5, 5.41) is 0. The van der Waals surface area contributed by atoms with E-state index in [2.05, 4.69) is 17.1 Å². The van der Waals surface area contributed by atoms with Crippen LogP contribution in [0.25, 0.3) is 0 Å². The van der Waals surface area contributed by atoms with Gasteiger partial charge in [-0.15, -0.1) is 11.8 Å². The summed E-state index contributed by atoms with van der Waals surface area (Å²) in [4.78, 5) is 5.42. The lowest BCUT2D eigenvalue weighted by Gasteiger charge is -2.16. The van der Waals surface area contributed by atoms with Gasteiger partial charge in [-0.25, -0.2) is 8.42 Å². The molecule has 3 rings (SSSR count). The van der Waals surface area contributed by atoms with Gasteiger partial charge in [0, 0.05) is 36.1 Å². The molecule has 0 saturated carbocycles. The largest absolute Gasteiger partial charge is 0.263 e. The standard InChI is InChI=1S/C16H18N2O2S2/c19-22(20,16-7-4-9-17-11-16)18-10-8-14(12-18)13-21-15-5-2-1-3-6-15/h1-7,9,11,14H,8,10,12-13H2/t14-/m1/s1. The third-order valence-corrected chi connectivity index (χ3v) is 6.84. The van der Waals surface area contributed by atoms with E-state index < -0.39 is 10.0 Å². The molecule has 1 fully saturated rings. The molecule has 1 aliphatic rings. The highest BCUT2D eigenvalue weighted by Crippen LogP contribution is 2.28. The second kappa shape index (κ2) is 6.81. The van der Waals surface area contributed by atoms with Crippen molar-refractivity contribution in [1.82, 2.24) is 9.29 Å². The van der Waals surface area contributed by atoms with Crippen LogP contribution in [-0.2, 0) is 10.0 Å². The van der Waals surface area contributed by atoms with Crippen molar-refractivity contribution in [2.24, 2.45) is 5.92 Å². The van der Waals surface area contributed by atoms with Gasteiger partial charge in [0.2, 0.25) is 10.0 Å². The molecule has 1 saturated heterocycles. The van der Waals surface area contributed by atoms with Crippen LogP contribution in [0.1, 0.15) is 6.42 Å². The molecular formula is C16H18N2O2S2. The first-order valence-electron chi connectivity index (χ1n) is 7.24. The molecule has 2 aromatic rings. The van der Waals surface area contributed by atoms with Crippen LogP contribution in [0.3, 0.4) is 0 Å². The molecular weight excluding hydrogens is 316 g/mol. The highest BCUT2D eigenvalue weighted by atomic mass is 32.2. The minimum Gasteiger partial charge on any atom is -0.263 e. The predicted octanol–water partition coefficient (Wildman–Crippen LogP) is 2.88. The number of rotatable bonds is 5. The lowest BCUT2D eigenvalue weighted by molar-refractivity contribution is 0.465. The molecule has 6 heteroatoms. The molecule has 0 N–H and O–H groups in total. The summed E-state index contributed by atoms with van der Waals surface area (Å²) >= 11 is 1.79. The highest BCUT2D eigenvalue weighted by Gasteiger charge is 2.32. The third kappa shape index (κ3) is 3.51. The minimum absolute atomic E-state index is 0.284. The zero-order valence-electron chi connectivity index (χ0n) is 12.1. The normalized spacial score (nSPS) is 19.4. The Bertz CT molecular complexity index is 705. The highest BCUT2D eigenvalue weighted by molar-refractivity contribution is 7.99. The summed E-state index contributed by atoms with van der Waals surface area (Å²) < 4.78 is 26.7. The van der Waals surface area contributed by atoms with E-state index in [0.29, 0.717) is 19.0 Å². The molecule has 22 heavy (non-hydrogen) atoms. The summed E-state index contributed by atoms with van der Waals surface area (Å²) in [5.41, 5.74) is 0. The van der Waals surface area contributed by atoms with Gasteiger partial charge in [0.25, 0.3) is 0 Å². The molecule has 1 atom stereocenters. The summed E-state index contributed by atoms with van der Waals surface area (Å²) in [6.07, 6.45) is 3.92. The van der Waals surface area contributed by atoms with Crippen LogP contribution in [0.5, 0.6) is 0 Å². The van der Waals surface area contributed by atoms with E-state index in [-0.39, 0.29) is 4.90 Å². The topological polar surface area (TPSA) is 50.3 Å². The average molecular weight is 334 g/mol. The van der Waals surface area contributed by atoms with E-state index in [1.807, 2.05) is 18.2 Å². The fraction of sp³-hybridized carbons (Fsp3) is 0.312. The maximum atomic E-state index is 12.5. The van der Waals surface area contributed by atoms with E-state index in [0.717, 1.165) is 12.2 Å². The molecule has 1 aromatic carbocycles. The quantitative estimate of drug-likeness (QED) is 0.789. The lowest BCUT2D eigenvalue weighted by Crippen LogP contribution is -2.29. The number of pyridine rings is 1. The smallest absolute Gasteiger partial charge is 0.244 e. The summed E-state index contributed by atoms with van der Waals surface area (Å²) in [6.45, 7) is 1.19. The van der Waals surface area contributed by atoms with Crippen molar-refractivity contribution < 1.29 is 8.42 Å². The second-order valence-corrected chi connectivity index (χ2v) is 8.36. The molecule has 0 bridgehead atoms. The van der Waals surface area contributed by atoms with Crippen LogP contribution >= 0.6 is 11.8 Å². The first-order chi connectivity index (χ1) is 10.7.